The Kier molecular flexibility index (Phi) is 6.95. The highest BCUT2D eigenvalue weighted by molar-refractivity contribution is 7.99. The van der Waals surface area contributed by atoms with Crippen LogP contribution in [-0.2, 0) is 9.53 Å². The molecule has 0 aliphatic carbocycles. The van der Waals surface area contributed by atoms with E-state index in [1.807, 2.05) is 24.3 Å². The van der Waals surface area contributed by atoms with Gasteiger partial charge in [-0.2, -0.15) is 5.26 Å². The van der Waals surface area contributed by atoms with Crippen LogP contribution in [0.15, 0.2) is 58.3 Å². The second kappa shape index (κ2) is 9.62. The van der Waals surface area contributed by atoms with Crippen LogP contribution >= 0.6 is 11.8 Å². The van der Waals surface area contributed by atoms with Gasteiger partial charge in [0, 0.05) is 22.9 Å². The van der Waals surface area contributed by atoms with E-state index < -0.39 is 12.1 Å². The lowest BCUT2D eigenvalue weighted by Crippen LogP contribution is -2.44. The van der Waals surface area contributed by atoms with Crippen LogP contribution in [-0.4, -0.2) is 36.0 Å². The van der Waals surface area contributed by atoms with E-state index in [2.05, 4.69) is 13.0 Å². The third kappa shape index (κ3) is 5.18. The van der Waals surface area contributed by atoms with Crippen molar-refractivity contribution in [2.45, 2.75) is 42.6 Å². The lowest BCUT2D eigenvalue weighted by molar-refractivity contribution is -0.141. The van der Waals surface area contributed by atoms with Crippen LogP contribution in [0.3, 0.4) is 0 Å². The lowest BCUT2D eigenvalue weighted by atomic mass is 9.99. The highest BCUT2D eigenvalue weighted by Gasteiger charge is 2.27. The van der Waals surface area contributed by atoms with Gasteiger partial charge in [0.1, 0.15) is 6.07 Å². The third-order valence-electron chi connectivity index (χ3n) is 5.06. The van der Waals surface area contributed by atoms with Crippen molar-refractivity contribution in [1.82, 2.24) is 4.90 Å². The van der Waals surface area contributed by atoms with Gasteiger partial charge in [-0.05, 0) is 49.9 Å². The maximum Gasteiger partial charge on any atom is 0.340 e. The molecule has 29 heavy (non-hydrogen) atoms. The average molecular weight is 409 g/mol. The fraction of sp³-hybridized carbons (Fsp3) is 0.348. The van der Waals surface area contributed by atoms with Gasteiger partial charge in [-0.25, -0.2) is 4.79 Å². The van der Waals surface area contributed by atoms with Crippen LogP contribution in [0.1, 0.15) is 42.6 Å². The van der Waals surface area contributed by atoms with Gasteiger partial charge in [-0.1, -0.05) is 43.0 Å². The standard InChI is InChI=1S/C23H24N2O3S/c1-16-11-13-25(14-12-16)22(26)17(2)28-23(27)19-8-4-6-10-21(19)29-20-9-5-3-7-18(20)15-24/h3-10,16-17H,11-14H2,1-2H3. The summed E-state index contributed by atoms with van der Waals surface area (Å²) in [4.78, 5) is 28.7. The van der Waals surface area contributed by atoms with Crippen LogP contribution in [0, 0.1) is 17.2 Å². The maximum atomic E-state index is 12.8. The molecule has 5 nitrogen and oxygen atoms in total. The molecule has 1 fully saturated rings. The number of nitriles is 1. The molecular weight excluding hydrogens is 384 g/mol. The Hall–Kier alpha value is -2.78. The van der Waals surface area contributed by atoms with Crippen molar-refractivity contribution in [3.63, 3.8) is 0 Å². The number of carbonyl (C=O) groups excluding carboxylic acids is 2. The minimum Gasteiger partial charge on any atom is -0.449 e. The molecule has 0 radical (unpaired) electrons. The van der Waals surface area contributed by atoms with Crippen molar-refractivity contribution < 1.29 is 14.3 Å². The Balaban J connectivity index is 1.71. The van der Waals surface area contributed by atoms with Crippen molar-refractivity contribution in [3.05, 3.63) is 59.7 Å². The molecule has 0 saturated carbocycles. The number of rotatable bonds is 5. The van der Waals surface area contributed by atoms with Crippen molar-refractivity contribution in [2.24, 2.45) is 5.92 Å². The lowest BCUT2D eigenvalue weighted by Gasteiger charge is -2.31. The zero-order valence-electron chi connectivity index (χ0n) is 16.6. The number of esters is 1. The van der Waals surface area contributed by atoms with Gasteiger partial charge < -0.3 is 9.64 Å². The molecule has 1 atom stereocenters. The second-order valence-electron chi connectivity index (χ2n) is 7.26. The van der Waals surface area contributed by atoms with Gasteiger partial charge in [0.2, 0.25) is 0 Å². The number of carbonyl (C=O) groups is 2. The highest BCUT2D eigenvalue weighted by atomic mass is 32.2. The Labute approximate surface area is 175 Å². The third-order valence-corrected chi connectivity index (χ3v) is 6.21. The SMILES string of the molecule is CC1CCN(C(=O)C(C)OC(=O)c2ccccc2Sc2ccccc2C#N)CC1. The molecule has 1 heterocycles. The van der Waals surface area contributed by atoms with Crippen LogP contribution in [0.25, 0.3) is 0 Å². The number of nitrogens with zero attached hydrogens (tertiary/aromatic N) is 2. The first-order valence-corrected chi connectivity index (χ1v) is 10.6. The Bertz CT molecular complexity index is 930. The smallest absolute Gasteiger partial charge is 0.340 e. The molecule has 150 valence electrons. The van der Waals surface area contributed by atoms with E-state index in [0.29, 0.717) is 35.0 Å². The normalized spacial score (nSPS) is 15.4. The molecule has 1 aliphatic rings. The van der Waals surface area contributed by atoms with Crippen LogP contribution in [0.4, 0.5) is 0 Å². The first-order chi connectivity index (χ1) is 14.0. The topological polar surface area (TPSA) is 70.4 Å². The van der Waals surface area contributed by atoms with E-state index in [1.54, 1.807) is 36.1 Å². The number of likely N-dealkylation sites (tertiary alicyclic amines) is 1. The van der Waals surface area contributed by atoms with Gasteiger partial charge in [0.15, 0.2) is 6.10 Å². The largest absolute Gasteiger partial charge is 0.449 e. The molecule has 2 aromatic rings. The monoisotopic (exact) mass is 408 g/mol. The summed E-state index contributed by atoms with van der Waals surface area (Å²) in [5.41, 5.74) is 0.931. The number of hydrogen-bond donors (Lipinski definition) is 0. The van der Waals surface area contributed by atoms with Gasteiger partial charge in [-0.3, -0.25) is 4.79 Å². The van der Waals surface area contributed by atoms with Crippen LogP contribution in [0.5, 0.6) is 0 Å². The first-order valence-electron chi connectivity index (χ1n) is 9.75. The molecule has 0 N–H and O–H groups in total. The number of ether oxygens (including phenoxy) is 1. The number of hydrogen-bond acceptors (Lipinski definition) is 5. The summed E-state index contributed by atoms with van der Waals surface area (Å²) in [5.74, 6) is -0.0592. The van der Waals surface area contributed by atoms with Crippen molar-refractivity contribution in [3.8, 4) is 6.07 Å². The summed E-state index contributed by atoms with van der Waals surface area (Å²) in [6.45, 7) is 5.22. The van der Waals surface area contributed by atoms with Crippen molar-refractivity contribution in [2.75, 3.05) is 13.1 Å². The van der Waals surface area contributed by atoms with E-state index in [9.17, 15) is 14.9 Å². The van der Waals surface area contributed by atoms with E-state index in [4.69, 9.17) is 4.74 Å². The van der Waals surface area contributed by atoms with Crippen LogP contribution in [0.2, 0.25) is 0 Å². The first kappa shape index (κ1) is 20.9. The Morgan fingerprint density at radius 3 is 2.41 bits per heavy atom. The van der Waals surface area contributed by atoms with Crippen molar-refractivity contribution >= 4 is 23.6 Å². The summed E-state index contributed by atoms with van der Waals surface area (Å²) < 4.78 is 5.50. The Morgan fingerprint density at radius 1 is 1.10 bits per heavy atom. The summed E-state index contributed by atoms with van der Waals surface area (Å²) >= 11 is 1.34. The van der Waals surface area contributed by atoms with Gasteiger partial charge >= 0.3 is 5.97 Å². The molecule has 6 heteroatoms. The van der Waals surface area contributed by atoms with Crippen LogP contribution < -0.4 is 0 Å². The van der Waals surface area contributed by atoms with Gasteiger partial charge in [0.25, 0.3) is 5.91 Å². The molecule has 1 amide bonds. The summed E-state index contributed by atoms with van der Waals surface area (Å²) in [6, 6.07) is 16.5. The quantitative estimate of drug-likeness (QED) is 0.681. The average Bonchev–Trinajstić information content (AvgIpc) is 2.74. The van der Waals surface area contributed by atoms with E-state index in [0.717, 1.165) is 17.7 Å². The molecule has 0 bridgehead atoms. The van der Waals surface area contributed by atoms with Crippen molar-refractivity contribution in [1.29, 1.82) is 5.26 Å². The predicted octanol–water partition coefficient (Wildman–Crippen LogP) is 4.51. The molecule has 1 unspecified atom stereocenters. The molecule has 1 aliphatic heterocycles. The summed E-state index contributed by atoms with van der Waals surface area (Å²) in [5, 5.41) is 9.30. The fourth-order valence-corrected chi connectivity index (χ4v) is 4.27. The second-order valence-corrected chi connectivity index (χ2v) is 8.35. The zero-order chi connectivity index (χ0) is 20.8. The predicted molar refractivity (Wildman–Crippen MR) is 112 cm³/mol. The van der Waals surface area contributed by atoms with Gasteiger partial charge in [-0.15, -0.1) is 0 Å². The van der Waals surface area contributed by atoms with E-state index in [1.165, 1.54) is 11.8 Å². The van der Waals surface area contributed by atoms with E-state index >= 15 is 0 Å². The maximum absolute atomic E-state index is 12.8. The molecule has 1 saturated heterocycles. The highest BCUT2D eigenvalue weighted by Crippen LogP contribution is 2.33. The number of amides is 1. The van der Waals surface area contributed by atoms with Gasteiger partial charge in [0.05, 0.1) is 11.1 Å². The Morgan fingerprint density at radius 2 is 1.72 bits per heavy atom. The van der Waals surface area contributed by atoms with E-state index in [-0.39, 0.29) is 5.91 Å². The summed E-state index contributed by atoms with van der Waals surface area (Å²) in [6.07, 6.45) is 1.12. The minimum absolute atomic E-state index is 0.148. The zero-order valence-corrected chi connectivity index (χ0v) is 17.4. The molecule has 2 aromatic carbocycles. The summed E-state index contributed by atoms with van der Waals surface area (Å²) in [7, 11) is 0. The number of benzene rings is 2. The molecule has 3 rings (SSSR count). The molecular formula is C23H24N2O3S. The molecule has 0 spiro atoms. The minimum atomic E-state index is -0.833. The fourth-order valence-electron chi connectivity index (χ4n) is 3.25. The molecule has 0 aromatic heterocycles. The number of piperidine rings is 1.